The molecule has 6 bridgehead atoms. The highest BCUT2D eigenvalue weighted by atomic mass is 15.3. The summed E-state index contributed by atoms with van der Waals surface area (Å²) in [5.74, 6) is 4.30. The van der Waals surface area contributed by atoms with Gasteiger partial charge in [-0.3, -0.25) is 9.13 Å². The van der Waals surface area contributed by atoms with E-state index in [1.54, 1.807) is 0 Å². The van der Waals surface area contributed by atoms with Gasteiger partial charge in [0.05, 0.1) is 0 Å². The average molecular weight is 639 g/mol. The fourth-order valence-electron chi connectivity index (χ4n) is 7.60. The number of aromatic nitrogens is 2. The molecule has 4 aliphatic heterocycles. The molecule has 6 heterocycles. The largest absolute Gasteiger partial charge is 0.291 e. The van der Waals surface area contributed by atoms with Crippen LogP contribution in [0.4, 0.5) is 11.6 Å². The molecule has 6 aromatic rings. The van der Waals surface area contributed by atoms with Crippen molar-refractivity contribution >= 4 is 56.5 Å². The van der Waals surface area contributed by atoms with Crippen molar-refractivity contribution < 1.29 is 0 Å². The van der Waals surface area contributed by atoms with Crippen molar-refractivity contribution in [2.45, 2.75) is 62.1 Å². The summed E-state index contributed by atoms with van der Waals surface area (Å²) in [4.78, 5) is 32.0. The molecule has 2 aromatic heterocycles. The molecule has 0 aliphatic carbocycles. The second kappa shape index (κ2) is 9.44. The summed E-state index contributed by atoms with van der Waals surface area (Å²) in [6.07, 6.45) is 0. The lowest BCUT2D eigenvalue weighted by Gasteiger charge is -2.12. The number of hydrogen-bond acceptors (Lipinski definition) is 6. The summed E-state index contributed by atoms with van der Waals surface area (Å²) in [5, 5.41) is 4.14. The number of amidine groups is 4. The summed E-state index contributed by atoms with van der Waals surface area (Å²) in [5.41, 5.74) is 15.2. The molecule has 0 saturated carbocycles. The fraction of sp³-hybridized carbons (Fsp3) is 0.220. The molecule has 0 unspecified atom stereocenters. The number of aryl methyl sites for hydroxylation is 8. The van der Waals surface area contributed by atoms with Gasteiger partial charge in [0.25, 0.3) is 0 Å². The maximum atomic E-state index is 5.42. The van der Waals surface area contributed by atoms with Crippen molar-refractivity contribution in [2.75, 3.05) is 0 Å². The van der Waals surface area contributed by atoms with Crippen molar-refractivity contribution in [3.63, 3.8) is 0 Å². The van der Waals surface area contributed by atoms with Crippen LogP contribution in [0.15, 0.2) is 78.5 Å². The predicted octanol–water partition coefficient (Wildman–Crippen LogP) is 7.51. The summed E-state index contributed by atoms with van der Waals surface area (Å²) in [7, 11) is 0. The van der Waals surface area contributed by atoms with Gasteiger partial charge in [-0.2, -0.15) is 0 Å². The molecule has 8 nitrogen and oxygen atoms in total. The highest BCUT2D eigenvalue weighted by Crippen LogP contribution is 2.42. The van der Waals surface area contributed by atoms with Crippen molar-refractivity contribution in [2.24, 2.45) is 30.0 Å². The molecule has 238 valence electrons. The Hall–Kier alpha value is -5.76. The van der Waals surface area contributed by atoms with Crippen LogP contribution < -0.4 is 11.0 Å². The Bertz CT molecular complexity index is 2680. The summed E-state index contributed by atoms with van der Waals surface area (Å²) >= 11 is 0. The van der Waals surface area contributed by atoms with E-state index in [2.05, 4.69) is 113 Å². The Morgan fingerprint density at radius 1 is 0.347 bits per heavy atom. The Balaban J connectivity index is 1.47. The molecule has 0 fully saturated rings. The molecule has 0 radical (unpaired) electrons. The quantitative estimate of drug-likeness (QED) is 0.165. The third-order valence-corrected chi connectivity index (χ3v) is 11.0. The normalized spacial score (nSPS) is 15.3. The smallest absolute Gasteiger partial charge is 0.164 e. The van der Waals surface area contributed by atoms with Crippen LogP contribution in [0.2, 0.25) is 0 Å². The van der Waals surface area contributed by atoms with E-state index in [-0.39, 0.29) is 0 Å². The molecule has 0 spiro atoms. The minimum atomic E-state index is 0.415. The van der Waals surface area contributed by atoms with Gasteiger partial charge in [0.15, 0.2) is 23.3 Å². The van der Waals surface area contributed by atoms with Gasteiger partial charge in [-0.1, -0.05) is 0 Å². The van der Waals surface area contributed by atoms with E-state index in [4.69, 9.17) is 30.0 Å². The number of hydrogen-bond donors (Lipinski definition) is 0. The van der Waals surface area contributed by atoms with Crippen molar-refractivity contribution in [1.29, 1.82) is 0 Å². The number of benzene rings is 4. The Morgan fingerprint density at radius 3 is 1.02 bits per heavy atom. The first-order valence-electron chi connectivity index (χ1n) is 16.8. The maximum Gasteiger partial charge on any atom is 0.164 e. The second-order valence-electron chi connectivity index (χ2n) is 14.2. The predicted molar refractivity (Wildman–Crippen MR) is 198 cm³/mol. The average Bonchev–Trinajstić information content (AvgIpc) is 3.72. The highest BCUT2D eigenvalue weighted by Gasteiger charge is 2.30. The lowest BCUT2D eigenvalue weighted by Crippen LogP contribution is -2.32. The molecule has 10 rings (SSSR count). The summed E-state index contributed by atoms with van der Waals surface area (Å²) in [6.45, 7) is 17.6. The third-order valence-electron chi connectivity index (χ3n) is 11.0. The van der Waals surface area contributed by atoms with E-state index < -0.39 is 0 Å². The number of rotatable bonds is 0. The van der Waals surface area contributed by atoms with E-state index in [9.17, 15) is 0 Å². The van der Waals surface area contributed by atoms with E-state index in [1.165, 1.54) is 44.5 Å². The Morgan fingerprint density at radius 2 is 0.653 bits per heavy atom. The minimum Gasteiger partial charge on any atom is -0.291 e. The first kappa shape index (κ1) is 28.3. The van der Waals surface area contributed by atoms with Gasteiger partial charge in [-0.25, -0.2) is 30.0 Å². The monoisotopic (exact) mass is 638 g/mol. The molecule has 8 heteroatoms. The summed E-state index contributed by atoms with van der Waals surface area (Å²) in [6, 6.07) is 17.8. The third kappa shape index (κ3) is 3.80. The Labute approximate surface area is 283 Å². The molecular formula is C41H34N8. The zero-order chi connectivity index (χ0) is 33.6. The molecule has 0 amide bonds. The van der Waals surface area contributed by atoms with E-state index in [0.29, 0.717) is 30.0 Å². The molecule has 0 atom stereocenters. The number of aliphatic imine (C=N–C) groups is 4. The zero-order valence-corrected chi connectivity index (χ0v) is 28.9. The lowest BCUT2D eigenvalue weighted by molar-refractivity contribution is 0.584. The molecule has 0 N–H and O–H groups in total. The van der Waals surface area contributed by atoms with Crippen molar-refractivity contribution in [3.8, 4) is 0 Å². The molecule has 49 heavy (non-hydrogen) atoms. The van der Waals surface area contributed by atoms with Crippen LogP contribution in [0.25, 0.3) is 21.5 Å². The second-order valence-corrected chi connectivity index (χ2v) is 14.2. The lowest BCUT2D eigenvalue weighted by atomic mass is 10.00. The van der Waals surface area contributed by atoms with Gasteiger partial charge < -0.3 is 0 Å². The van der Waals surface area contributed by atoms with Gasteiger partial charge in [0.1, 0.15) is 29.3 Å². The van der Waals surface area contributed by atoms with Crippen LogP contribution in [0.1, 0.15) is 66.8 Å². The Kier molecular flexibility index (Phi) is 5.45. The van der Waals surface area contributed by atoms with Crippen LogP contribution in [0.3, 0.4) is 0 Å². The van der Waals surface area contributed by atoms with Crippen LogP contribution in [-0.4, -0.2) is 32.5 Å². The first-order chi connectivity index (χ1) is 23.5. The van der Waals surface area contributed by atoms with Crippen molar-refractivity contribution in [1.82, 2.24) is 9.13 Å². The van der Waals surface area contributed by atoms with E-state index in [0.717, 1.165) is 66.4 Å². The van der Waals surface area contributed by atoms with E-state index >= 15 is 0 Å². The van der Waals surface area contributed by atoms with Gasteiger partial charge in [-0.15, -0.1) is 0 Å². The number of fused-ring (bicyclic) bond motifs is 14. The summed E-state index contributed by atoms with van der Waals surface area (Å²) < 4.78 is 4.44. The molecule has 0 saturated heterocycles. The maximum absolute atomic E-state index is 5.42. The number of nitrogens with zero attached hydrogens (tertiary/aromatic N) is 8. The highest BCUT2D eigenvalue weighted by molar-refractivity contribution is 6.25. The van der Waals surface area contributed by atoms with Gasteiger partial charge in [0.2, 0.25) is 0 Å². The van der Waals surface area contributed by atoms with Gasteiger partial charge >= 0.3 is 0 Å². The standard InChI is InChI=1S/C41H34N8/c1-18-9-26-27(10-19(18)2)35-42-34(26)44-38-30-13-22(5)23(6)14-31(30)40-46-36-28-11-20(3)21(4)12-29(28)37(43-36)47-41-33-16-25(8)24(7)15-32(33)39(45-35)49(41)17-48(38)40/h9-16H,17H2,1-8H3. The topological polar surface area (TPSA) is 84.0 Å². The van der Waals surface area contributed by atoms with Crippen LogP contribution in [-0.2, 0) is 6.67 Å². The SMILES string of the molecule is Cc1cc2c(cc1C)C1=Nc3c4cc(C)c(C)cc4c4n3Cn3c(c5cc(C)c(C)cc5c3=NC3=NC(=N4)c4cc(C)c(C)cc43)=NC2=N1. The van der Waals surface area contributed by atoms with Gasteiger partial charge in [0, 0.05) is 43.8 Å². The van der Waals surface area contributed by atoms with Crippen molar-refractivity contribution in [3.05, 3.63) is 126 Å². The van der Waals surface area contributed by atoms with Crippen LogP contribution in [0.5, 0.6) is 0 Å². The molecule has 4 aliphatic rings. The fourth-order valence-corrected chi connectivity index (χ4v) is 7.60. The van der Waals surface area contributed by atoms with Crippen LogP contribution >= 0.6 is 0 Å². The van der Waals surface area contributed by atoms with E-state index in [1.807, 2.05) is 0 Å². The zero-order valence-electron chi connectivity index (χ0n) is 28.9. The van der Waals surface area contributed by atoms with Crippen LogP contribution in [0, 0.1) is 55.4 Å². The molecule has 4 aromatic carbocycles. The van der Waals surface area contributed by atoms with Gasteiger partial charge in [-0.05, 0) is 148 Å². The minimum absolute atomic E-state index is 0.415. The first-order valence-corrected chi connectivity index (χ1v) is 16.8. The molecular weight excluding hydrogens is 605 g/mol.